The number of thiazole rings is 1. The molecule has 1 atom stereocenters. The molecule has 90 valence electrons. The molecule has 1 rings (SSSR count). The van der Waals surface area contributed by atoms with Crippen LogP contribution in [0.5, 0.6) is 0 Å². The molecule has 0 aliphatic carbocycles. The summed E-state index contributed by atoms with van der Waals surface area (Å²) in [6, 6.07) is 0. The third kappa shape index (κ3) is 3.57. The predicted molar refractivity (Wildman–Crippen MR) is 62.4 cm³/mol. The highest BCUT2D eigenvalue weighted by Gasteiger charge is 2.17. The van der Waals surface area contributed by atoms with Crippen LogP contribution in [0.2, 0.25) is 0 Å². The molecule has 0 bridgehead atoms. The van der Waals surface area contributed by atoms with Crippen LogP contribution in [0.3, 0.4) is 0 Å². The number of aryl methyl sites for hydroxylation is 1. The summed E-state index contributed by atoms with van der Waals surface area (Å²) < 4.78 is 10.1. The Morgan fingerprint density at radius 2 is 2.31 bits per heavy atom. The SMILES string of the molecule is CCc1nc(COC(=O)[C@H](CC)OC)cs1. The molecule has 5 heteroatoms. The number of methoxy groups -OCH3 is 1. The maximum absolute atomic E-state index is 11.5. The van der Waals surface area contributed by atoms with E-state index < -0.39 is 6.10 Å². The van der Waals surface area contributed by atoms with Crippen molar-refractivity contribution in [2.24, 2.45) is 0 Å². The van der Waals surface area contributed by atoms with Crippen molar-refractivity contribution in [2.45, 2.75) is 39.4 Å². The lowest BCUT2D eigenvalue weighted by atomic mass is 10.3. The van der Waals surface area contributed by atoms with Gasteiger partial charge in [-0.2, -0.15) is 0 Å². The quantitative estimate of drug-likeness (QED) is 0.718. The lowest BCUT2D eigenvalue weighted by molar-refractivity contribution is -0.157. The van der Waals surface area contributed by atoms with Crippen LogP contribution < -0.4 is 0 Å². The zero-order valence-electron chi connectivity index (χ0n) is 9.86. The molecule has 0 aliphatic heterocycles. The van der Waals surface area contributed by atoms with Gasteiger partial charge in [0.15, 0.2) is 6.10 Å². The maximum atomic E-state index is 11.5. The summed E-state index contributed by atoms with van der Waals surface area (Å²) in [5, 5.41) is 2.98. The molecule has 0 unspecified atom stereocenters. The van der Waals surface area contributed by atoms with Gasteiger partial charge in [0.25, 0.3) is 0 Å². The minimum absolute atomic E-state index is 0.231. The Kier molecular flexibility index (Phi) is 5.42. The highest BCUT2D eigenvalue weighted by molar-refractivity contribution is 7.09. The minimum atomic E-state index is -0.468. The van der Waals surface area contributed by atoms with E-state index in [1.54, 1.807) is 11.3 Å². The van der Waals surface area contributed by atoms with E-state index in [2.05, 4.69) is 4.98 Å². The Morgan fingerprint density at radius 1 is 1.56 bits per heavy atom. The molecule has 4 nitrogen and oxygen atoms in total. The molecule has 0 saturated carbocycles. The first-order valence-corrected chi connectivity index (χ1v) is 6.21. The molecule has 0 spiro atoms. The van der Waals surface area contributed by atoms with Crippen LogP contribution in [0.4, 0.5) is 0 Å². The molecule has 16 heavy (non-hydrogen) atoms. The third-order valence-electron chi connectivity index (χ3n) is 2.18. The van der Waals surface area contributed by atoms with E-state index in [1.165, 1.54) is 7.11 Å². The number of carbonyl (C=O) groups is 1. The van der Waals surface area contributed by atoms with E-state index in [1.807, 2.05) is 19.2 Å². The second-order valence-electron chi connectivity index (χ2n) is 3.33. The highest BCUT2D eigenvalue weighted by atomic mass is 32.1. The van der Waals surface area contributed by atoms with Crippen molar-refractivity contribution < 1.29 is 14.3 Å². The Balaban J connectivity index is 2.41. The molecule has 1 aromatic rings. The smallest absolute Gasteiger partial charge is 0.335 e. The van der Waals surface area contributed by atoms with Gasteiger partial charge in [0.1, 0.15) is 6.61 Å². The van der Waals surface area contributed by atoms with Gasteiger partial charge in [-0.3, -0.25) is 0 Å². The summed E-state index contributed by atoms with van der Waals surface area (Å²) in [5.41, 5.74) is 0.807. The van der Waals surface area contributed by atoms with E-state index in [-0.39, 0.29) is 12.6 Å². The highest BCUT2D eigenvalue weighted by Crippen LogP contribution is 2.11. The first-order valence-electron chi connectivity index (χ1n) is 5.33. The molecule has 0 aromatic carbocycles. The molecule has 0 radical (unpaired) electrons. The largest absolute Gasteiger partial charge is 0.457 e. The zero-order chi connectivity index (χ0) is 12.0. The van der Waals surface area contributed by atoms with Crippen LogP contribution in [0.25, 0.3) is 0 Å². The standard InChI is InChI=1S/C11H17NO3S/c1-4-9(14-3)11(13)15-6-8-7-16-10(5-2)12-8/h7,9H,4-6H2,1-3H3/t9-/m0/s1. The van der Waals surface area contributed by atoms with Crippen molar-refractivity contribution in [1.29, 1.82) is 0 Å². The van der Waals surface area contributed by atoms with Gasteiger partial charge >= 0.3 is 5.97 Å². The Bertz CT molecular complexity index is 334. The van der Waals surface area contributed by atoms with Crippen molar-refractivity contribution in [3.05, 3.63) is 16.1 Å². The van der Waals surface area contributed by atoms with Gasteiger partial charge in [-0.05, 0) is 12.8 Å². The van der Waals surface area contributed by atoms with Crippen molar-refractivity contribution in [1.82, 2.24) is 4.98 Å². The molecule has 0 fully saturated rings. The van der Waals surface area contributed by atoms with Crippen molar-refractivity contribution in [3.8, 4) is 0 Å². The number of nitrogens with zero attached hydrogens (tertiary/aromatic N) is 1. The van der Waals surface area contributed by atoms with Crippen LogP contribution >= 0.6 is 11.3 Å². The van der Waals surface area contributed by atoms with Crippen molar-refractivity contribution in [3.63, 3.8) is 0 Å². The van der Waals surface area contributed by atoms with Crippen LogP contribution in [0, 0.1) is 0 Å². The first-order chi connectivity index (χ1) is 7.71. The van der Waals surface area contributed by atoms with Gasteiger partial charge in [0.05, 0.1) is 10.7 Å². The molecule has 0 aliphatic rings. The van der Waals surface area contributed by atoms with Crippen molar-refractivity contribution >= 4 is 17.3 Å². The normalized spacial score (nSPS) is 12.4. The number of esters is 1. The average molecular weight is 243 g/mol. The third-order valence-corrected chi connectivity index (χ3v) is 3.22. The first kappa shape index (κ1) is 13.1. The summed E-state index contributed by atoms with van der Waals surface area (Å²) in [6.07, 6.45) is 1.06. The molecular weight excluding hydrogens is 226 g/mol. The average Bonchev–Trinajstić information content (AvgIpc) is 2.76. The number of hydrogen-bond acceptors (Lipinski definition) is 5. The lowest BCUT2D eigenvalue weighted by Crippen LogP contribution is -2.24. The van der Waals surface area contributed by atoms with E-state index in [0.29, 0.717) is 6.42 Å². The van der Waals surface area contributed by atoms with E-state index in [9.17, 15) is 4.79 Å². The summed E-state index contributed by atoms with van der Waals surface area (Å²) in [5.74, 6) is -0.323. The Labute approximate surface area is 99.6 Å². The lowest BCUT2D eigenvalue weighted by Gasteiger charge is -2.11. The van der Waals surface area contributed by atoms with Gasteiger partial charge < -0.3 is 9.47 Å². The fourth-order valence-electron chi connectivity index (χ4n) is 1.25. The molecular formula is C11H17NO3S. The topological polar surface area (TPSA) is 48.4 Å². The van der Waals surface area contributed by atoms with Gasteiger partial charge in [-0.25, -0.2) is 9.78 Å². The summed E-state index contributed by atoms with van der Waals surface area (Å²) in [6.45, 7) is 4.16. The zero-order valence-corrected chi connectivity index (χ0v) is 10.7. The van der Waals surface area contributed by atoms with E-state index >= 15 is 0 Å². The molecule has 1 heterocycles. The van der Waals surface area contributed by atoms with Crippen LogP contribution in [-0.4, -0.2) is 24.2 Å². The Hall–Kier alpha value is -0.940. The molecule has 1 aromatic heterocycles. The van der Waals surface area contributed by atoms with Gasteiger partial charge in [-0.15, -0.1) is 11.3 Å². The van der Waals surface area contributed by atoms with Gasteiger partial charge in [-0.1, -0.05) is 13.8 Å². The van der Waals surface area contributed by atoms with E-state index in [0.717, 1.165) is 17.1 Å². The monoisotopic (exact) mass is 243 g/mol. The van der Waals surface area contributed by atoms with Crippen LogP contribution in [-0.2, 0) is 27.3 Å². The maximum Gasteiger partial charge on any atom is 0.335 e. The van der Waals surface area contributed by atoms with Crippen LogP contribution in [0.1, 0.15) is 31.0 Å². The van der Waals surface area contributed by atoms with E-state index in [4.69, 9.17) is 9.47 Å². The van der Waals surface area contributed by atoms with Crippen LogP contribution in [0.15, 0.2) is 5.38 Å². The number of carbonyl (C=O) groups excluding carboxylic acids is 1. The molecule has 0 N–H and O–H groups in total. The summed E-state index contributed by atoms with van der Waals surface area (Å²) in [4.78, 5) is 15.8. The number of rotatable bonds is 6. The molecule has 0 saturated heterocycles. The fourth-order valence-corrected chi connectivity index (χ4v) is 1.97. The predicted octanol–water partition coefficient (Wildman–Crippen LogP) is 2.17. The summed E-state index contributed by atoms with van der Waals surface area (Å²) >= 11 is 1.59. The minimum Gasteiger partial charge on any atom is -0.457 e. The second-order valence-corrected chi connectivity index (χ2v) is 4.27. The number of hydrogen-bond donors (Lipinski definition) is 0. The number of aromatic nitrogens is 1. The second kappa shape index (κ2) is 6.60. The molecule has 0 amide bonds. The Morgan fingerprint density at radius 3 is 2.81 bits per heavy atom. The van der Waals surface area contributed by atoms with Gasteiger partial charge in [0.2, 0.25) is 0 Å². The van der Waals surface area contributed by atoms with Crippen molar-refractivity contribution in [2.75, 3.05) is 7.11 Å². The van der Waals surface area contributed by atoms with Gasteiger partial charge in [0, 0.05) is 12.5 Å². The number of ether oxygens (including phenoxy) is 2. The fraction of sp³-hybridized carbons (Fsp3) is 0.636. The summed E-state index contributed by atoms with van der Waals surface area (Å²) in [7, 11) is 1.51.